The van der Waals surface area contributed by atoms with E-state index in [4.69, 9.17) is 4.74 Å². The van der Waals surface area contributed by atoms with E-state index in [1.807, 2.05) is 12.3 Å². The van der Waals surface area contributed by atoms with Gasteiger partial charge in [-0.05, 0) is 48.2 Å². The van der Waals surface area contributed by atoms with Crippen molar-refractivity contribution in [2.75, 3.05) is 33.3 Å². The Bertz CT molecular complexity index is 1060. The van der Waals surface area contributed by atoms with E-state index in [-0.39, 0.29) is 5.82 Å². The quantitative estimate of drug-likeness (QED) is 0.391. The van der Waals surface area contributed by atoms with Gasteiger partial charge in [0.15, 0.2) is 5.96 Å². The number of halogens is 1. The lowest BCUT2D eigenvalue weighted by atomic mass is 10.1. The molecule has 2 aromatic carbocycles. The van der Waals surface area contributed by atoms with Crippen LogP contribution in [0.25, 0.3) is 10.9 Å². The summed E-state index contributed by atoms with van der Waals surface area (Å²) in [5.41, 5.74) is 4.53. The van der Waals surface area contributed by atoms with Crippen molar-refractivity contribution >= 4 is 16.9 Å². The molecule has 7 heteroatoms. The van der Waals surface area contributed by atoms with Crippen molar-refractivity contribution in [2.24, 2.45) is 4.99 Å². The van der Waals surface area contributed by atoms with Gasteiger partial charge in [0.2, 0.25) is 0 Å². The van der Waals surface area contributed by atoms with Crippen LogP contribution in [0.15, 0.2) is 53.7 Å². The number of rotatable bonds is 7. The summed E-state index contributed by atoms with van der Waals surface area (Å²) >= 11 is 0. The van der Waals surface area contributed by atoms with Gasteiger partial charge in [0.1, 0.15) is 5.82 Å². The van der Waals surface area contributed by atoms with E-state index < -0.39 is 0 Å². The van der Waals surface area contributed by atoms with Crippen LogP contribution in [0.1, 0.15) is 23.6 Å². The van der Waals surface area contributed by atoms with Gasteiger partial charge in [-0.25, -0.2) is 4.39 Å². The van der Waals surface area contributed by atoms with Gasteiger partial charge in [-0.2, -0.15) is 0 Å². The minimum atomic E-state index is -0.225. The van der Waals surface area contributed by atoms with Crippen LogP contribution in [0.5, 0.6) is 0 Å². The smallest absolute Gasteiger partial charge is 0.191 e. The Morgan fingerprint density at radius 2 is 2.09 bits per heavy atom. The number of fused-ring (bicyclic) bond motifs is 1. The molecule has 1 fully saturated rings. The molecule has 3 N–H and O–H groups in total. The van der Waals surface area contributed by atoms with Gasteiger partial charge in [0.25, 0.3) is 0 Å². The summed E-state index contributed by atoms with van der Waals surface area (Å²) in [4.78, 5) is 9.92. The third-order valence-corrected chi connectivity index (χ3v) is 5.82. The van der Waals surface area contributed by atoms with Gasteiger partial charge >= 0.3 is 0 Å². The Morgan fingerprint density at radius 3 is 2.94 bits per heavy atom. The second-order valence-electron chi connectivity index (χ2n) is 8.34. The molecule has 0 amide bonds. The van der Waals surface area contributed by atoms with Gasteiger partial charge in [-0.3, -0.25) is 9.89 Å². The third-order valence-electron chi connectivity index (χ3n) is 5.82. The minimum absolute atomic E-state index is 0.225. The lowest BCUT2D eigenvalue weighted by Crippen LogP contribution is -2.40. The molecule has 170 valence electrons. The Kier molecular flexibility index (Phi) is 7.39. The predicted molar refractivity (Wildman–Crippen MR) is 127 cm³/mol. The first-order valence-corrected chi connectivity index (χ1v) is 11.2. The van der Waals surface area contributed by atoms with E-state index in [0.29, 0.717) is 12.6 Å². The highest BCUT2D eigenvalue weighted by Crippen LogP contribution is 2.19. The van der Waals surface area contributed by atoms with Crippen molar-refractivity contribution in [1.82, 2.24) is 20.5 Å². The van der Waals surface area contributed by atoms with Gasteiger partial charge in [-0.15, -0.1) is 0 Å². The summed E-state index contributed by atoms with van der Waals surface area (Å²) < 4.78 is 19.0. The fourth-order valence-electron chi connectivity index (χ4n) is 4.22. The normalized spacial score (nSPS) is 17.6. The lowest BCUT2D eigenvalue weighted by molar-refractivity contribution is -0.0212. The van der Waals surface area contributed by atoms with E-state index >= 15 is 0 Å². The number of hydrogen-bond donors (Lipinski definition) is 3. The lowest BCUT2D eigenvalue weighted by Gasteiger charge is -2.31. The van der Waals surface area contributed by atoms with Crippen molar-refractivity contribution < 1.29 is 9.13 Å². The van der Waals surface area contributed by atoms with E-state index in [0.717, 1.165) is 61.6 Å². The molecule has 1 aliphatic heterocycles. The summed E-state index contributed by atoms with van der Waals surface area (Å²) in [5, 5.41) is 7.82. The van der Waals surface area contributed by atoms with Crippen molar-refractivity contribution in [1.29, 1.82) is 0 Å². The third kappa shape index (κ3) is 5.87. The monoisotopic (exact) mass is 437 g/mol. The maximum atomic E-state index is 13.4. The number of morpholine rings is 1. The topological polar surface area (TPSA) is 64.7 Å². The van der Waals surface area contributed by atoms with Crippen molar-refractivity contribution in [3.05, 3.63) is 71.2 Å². The summed E-state index contributed by atoms with van der Waals surface area (Å²) in [7, 11) is 1.78. The molecular weight excluding hydrogens is 405 g/mol. The largest absolute Gasteiger partial charge is 0.376 e. The fraction of sp³-hybridized carbons (Fsp3) is 0.400. The number of ether oxygens (including phenoxy) is 1. The molecule has 6 nitrogen and oxygen atoms in total. The summed E-state index contributed by atoms with van der Waals surface area (Å²) in [6.07, 6.45) is 3.07. The van der Waals surface area contributed by atoms with E-state index in [2.05, 4.69) is 56.7 Å². The van der Waals surface area contributed by atoms with Gasteiger partial charge in [0, 0.05) is 56.9 Å². The number of aliphatic imine (C=N–C) groups is 1. The van der Waals surface area contributed by atoms with Crippen molar-refractivity contribution in [2.45, 2.75) is 32.5 Å². The second-order valence-corrected chi connectivity index (χ2v) is 8.34. The van der Waals surface area contributed by atoms with Crippen LogP contribution in [-0.4, -0.2) is 55.2 Å². The number of nitrogens with one attached hydrogen (secondary N) is 3. The molecule has 0 bridgehead atoms. The van der Waals surface area contributed by atoms with Crippen LogP contribution in [-0.2, 0) is 24.2 Å². The zero-order valence-corrected chi connectivity index (χ0v) is 18.8. The van der Waals surface area contributed by atoms with Crippen LogP contribution in [0.2, 0.25) is 0 Å². The molecule has 4 rings (SSSR count). The zero-order valence-electron chi connectivity index (χ0n) is 18.8. The molecule has 0 spiro atoms. The summed E-state index contributed by atoms with van der Waals surface area (Å²) in [6, 6.07) is 13.5. The van der Waals surface area contributed by atoms with Gasteiger partial charge < -0.3 is 20.4 Å². The predicted octanol–water partition coefficient (Wildman–Crippen LogP) is 3.44. The summed E-state index contributed by atoms with van der Waals surface area (Å²) in [6.45, 7) is 7.28. The maximum absolute atomic E-state index is 13.4. The Labute approximate surface area is 188 Å². The van der Waals surface area contributed by atoms with Crippen LogP contribution in [0.4, 0.5) is 4.39 Å². The SMILES string of the molecule is CN=C(NCCc1c[nH]c2cc(F)ccc12)NCc1cccc(CN2CCOC(C)C2)c1. The second kappa shape index (κ2) is 10.6. The van der Waals surface area contributed by atoms with E-state index in [1.165, 1.54) is 23.3 Å². The van der Waals surface area contributed by atoms with Crippen LogP contribution < -0.4 is 10.6 Å². The molecule has 1 aliphatic rings. The first-order chi connectivity index (χ1) is 15.6. The standard InChI is InChI=1S/C25H32FN5O/c1-18-16-31(10-11-32-18)17-20-5-3-4-19(12-20)14-30-25(27-2)28-9-8-21-15-29-24-13-22(26)6-7-23(21)24/h3-7,12-13,15,18,29H,8-11,14,16-17H2,1-2H3,(H2,27,28,30). The highest BCUT2D eigenvalue weighted by atomic mass is 19.1. The van der Waals surface area contributed by atoms with Gasteiger partial charge in [0.05, 0.1) is 12.7 Å². The minimum Gasteiger partial charge on any atom is -0.376 e. The van der Waals surface area contributed by atoms with Crippen LogP contribution in [0.3, 0.4) is 0 Å². The number of aromatic amines is 1. The molecule has 1 atom stereocenters. The fourth-order valence-corrected chi connectivity index (χ4v) is 4.22. The molecule has 2 heterocycles. The molecule has 1 aromatic heterocycles. The molecule has 0 saturated carbocycles. The number of H-pyrrole nitrogens is 1. The first kappa shape index (κ1) is 22.3. The number of guanidine groups is 1. The van der Waals surface area contributed by atoms with E-state index in [1.54, 1.807) is 7.05 Å². The number of aromatic nitrogens is 1. The van der Waals surface area contributed by atoms with Crippen molar-refractivity contribution in [3.63, 3.8) is 0 Å². The van der Waals surface area contributed by atoms with E-state index in [9.17, 15) is 4.39 Å². The van der Waals surface area contributed by atoms with Crippen LogP contribution >= 0.6 is 0 Å². The maximum Gasteiger partial charge on any atom is 0.191 e. The number of hydrogen-bond acceptors (Lipinski definition) is 3. The highest BCUT2D eigenvalue weighted by molar-refractivity contribution is 5.83. The molecule has 0 aliphatic carbocycles. The number of nitrogens with zero attached hydrogens (tertiary/aromatic N) is 2. The summed E-state index contributed by atoms with van der Waals surface area (Å²) in [5.74, 6) is 0.542. The average Bonchev–Trinajstić information content (AvgIpc) is 3.18. The molecule has 32 heavy (non-hydrogen) atoms. The molecule has 3 aromatic rings. The first-order valence-electron chi connectivity index (χ1n) is 11.2. The Morgan fingerprint density at radius 1 is 1.22 bits per heavy atom. The Balaban J connectivity index is 1.26. The molecular formula is C25H32FN5O. The number of benzene rings is 2. The Hall–Kier alpha value is -2.90. The zero-order chi connectivity index (χ0) is 22.3. The van der Waals surface area contributed by atoms with Gasteiger partial charge in [-0.1, -0.05) is 24.3 Å². The average molecular weight is 438 g/mol. The molecule has 1 saturated heterocycles. The molecule has 0 radical (unpaired) electrons. The van der Waals surface area contributed by atoms with Crippen molar-refractivity contribution in [3.8, 4) is 0 Å². The van der Waals surface area contributed by atoms with Crippen LogP contribution in [0, 0.1) is 5.82 Å². The molecule has 1 unspecified atom stereocenters. The highest BCUT2D eigenvalue weighted by Gasteiger charge is 2.16.